The van der Waals surface area contributed by atoms with E-state index >= 15 is 0 Å². The molecular weight excluding hydrogens is 200 g/mol. The van der Waals surface area contributed by atoms with Crippen molar-refractivity contribution in [2.45, 2.75) is 18.3 Å². The lowest BCUT2D eigenvalue weighted by Gasteiger charge is -2.34. The van der Waals surface area contributed by atoms with E-state index < -0.39 is 0 Å². The first-order valence-corrected chi connectivity index (χ1v) is 5.90. The summed E-state index contributed by atoms with van der Waals surface area (Å²) in [5.41, 5.74) is 9.85. The standard InChI is InChI=1S/C13H18N2O/c1-15-9-13(4-6-16-7-5-13)11-8-10(14)2-3-12(11)15/h2-3,8H,4-7,9,14H2,1H3. The second-order valence-electron chi connectivity index (χ2n) is 5.03. The maximum Gasteiger partial charge on any atom is 0.0475 e. The van der Waals surface area contributed by atoms with E-state index in [2.05, 4.69) is 24.1 Å². The summed E-state index contributed by atoms with van der Waals surface area (Å²) < 4.78 is 5.49. The number of nitrogens with zero attached hydrogens (tertiary/aromatic N) is 1. The van der Waals surface area contributed by atoms with Crippen molar-refractivity contribution in [1.82, 2.24) is 0 Å². The second-order valence-corrected chi connectivity index (χ2v) is 5.03. The Labute approximate surface area is 96.2 Å². The van der Waals surface area contributed by atoms with Crippen LogP contribution in [-0.4, -0.2) is 26.8 Å². The molecule has 86 valence electrons. The molecule has 2 aliphatic heterocycles. The van der Waals surface area contributed by atoms with Crippen molar-refractivity contribution in [1.29, 1.82) is 0 Å². The van der Waals surface area contributed by atoms with E-state index in [1.165, 1.54) is 11.3 Å². The molecule has 16 heavy (non-hydrogen) atoms. The molecule has 0 bridgehead atoms. The summed E-state index contributed by atoms with van der Waals surface area (Å²) in [7, 11) is 2.17. The molecule has 0 radical (unpaired) electrons. The quantitative estimate of drug-likeness (QED) is 0.674. The van der Waals surface area contributed by atoms with Gasteiger partial charge in [0.25, 0.3) is 0 Å². The third-order valence-electron chi connectivity index (χ3n) is 3.99. The van der Waals surface area contributed by atoms with Gasteiger partial charge in [-0.3, -0.25) is 0 Å². The predicted octanol–water partition coefficient (Wildman–Crippen LogP) is 1.77. The number of ether oxygens (including phenoxy) is 1. The van der Waals surface area contributed by atoms with Crippen molar-refractivity contribution < 1.29 is 4.74 Å². The number of benzene rings is 1. The number of rotatable bonds is 0. The highest BCUT2D eigenvalue weighted by molar-refractivity contribution is 5.66. The first kappa shape index (κ1) is 9.97. The Balaban J connectivity index is 2.09. The van der Waals surface area contributed by atoms with Crippen LogP contribution in [0.15, 0.2) is 18.2 Å². The van der Waals surface area contributed by atoms with Gasteiger partial charge in [-0.1, -0.05) is 0 Å². The zero-order chi connectivity index (χ0) is 11.2. The lowest BCUT2D eigenvalue weighted by atomic mass is 9.76. The highest BCUT2D eigenvalue weighted by Gasteiger charge is 2.42. The molecule has 2 N–H and O–H groups in total. The van der Waals surface area contributed by atoms with Crippen LogP contribution in [-0.2, 0) is 10.2 Å². The minimum atomic E-state index is 0.289. The van der Waals surface area contributed by atoms with Crippen molar-refractivity contribution in [3.8, 4) is 0 Å². The Kier molecular flexibility index (Phi) is 2.11. The number of nitrogens with two attached hydrogens (primary N) is 1. The Bertz CT molecular complexity index is 410. The zero-order valence-electron chi connectivity index (χ0n) is 9.70. The molecule has 1 aromatic carbocycles. The molecule has 0 atom stereocenters. The number of likely N-dealkylation sites (N-methyl/N-ethyl adjacent to an activating group) is 1. The summed E-state index contributed by atoms with van der Waals surface area (Å²) in [5.74, 6) is 0. The summed E-state index contributed by atoms with van der Waals surface area (Å²) in [6.45, 7) is 2.86. The largest absolute Gasteiger partial charge is 0.399 e. The SMILES string of the molecule is CN1CC2(CCOCC2)c2cc(N)ccc21. The Morgan fingerprint density at radius 2 is 2.06 bits per heavy atom. The maximum absolute atomic E-state index is 5.92. The number of nitrogen functional groups attached to an aromatic ring is 1. The normalized spacial score (nSPS) is 22.4. The zero-order valence-corrected chi connectivity index (χ0v) is 9.70. The van der Waals surface area contributed by atoms with Crippen LogP contribution in [0.3, 0.4) is 0 Å². The third kappa shape index (κ3) is 1.31. The smallest absolute Gasteiger partial charge is 0.0475 e. The van der Waals surface area contributed by atoms with E-state index in [9.17, 15) is 0 Å². The van der Waals surface area contributed by atoms with Crippen LogP contribution in [0.1, 0.15) is 18.4 Å². The van der Waals surface area contributed by atoms with Crippen LogP contribution in [0.2, 0.25) is 0 Å². The third-order valence-corrected chi connectivity index (χ3v) is 3.99. The predicted molar refractivity (Wildman–Crippen MR) is 65.9 cm³/mol. The first-order valence-electron chi connectivity index (χ1n) is 5.90. The van der Waals surface area contributed by atoms with E-state index in [1.54, 1.807) is 0 Å². The molecule has 3 rings (SSSR count). The summed E-state index contributed by atoms with van der Waals surface area (Å²) in [4.78, 5) is 2.35. The molecule has 1 spiro atoms. The van der Waals surface area contributed by atoms with Gasteiger partial charge in [0.15, 0.2) is 0 Å². The number of anilines is 2. The average Bonchev–Trinajstić information content (AvgIpc) is 2.53. The molecule has 0 saturated carbocycles. The molecule has 0 aliphatic carbocycles. The number of hydrogen-bond acceptors (Lipinski definition) is 3. The van der Waals surface area contributed by atoms with E-state index in [0.717, 1.165) is 38.3 Å². The minimum absolute atomic E-state index is 0.289. The van der Waals surface area contributed by atoms with Gasteiger partial charge in [-0.15, -0.1) is 0 Å². The van der Waals surface area contributed by atoms with Crippen LogP contribution < -0.4 is 10.6 Å². The van der Waals surface area contributed by atoms with Gasteiger partial charge in [0.1, 0.15) is 0 Å². The van der Waals surface area contributed by atoms with Gasteiger partial charge in [0.2, 0.25) is 0 Å². The van der Waals surface area contributed by atoms with Crippen molar-refractivity contribution in [2.24, 2.45) is 0 Å². The molecule has 2 heterocycles. The minimum Gasteiger partial charge on any atom is -0.399 e. The fourth-order valence-corrected chi connectivity index (χ4v) is 3.13. The van der Waals surface area contributed by atoms with Gasteiger partial charge in [-0.2, -0.15) is 0 Å². The molecule has 0 aromatic heterocycles. The van der Waals surface area contributed by atoms with E-state index in [0.29, 0.717) is 0 Å². The summed E-state index contributed by atoms with van der Waals surface area (Å²) in [6.07, 6.45) is 2.24. The van der Waals surface area contributed by atoms with Crippen molar-refractivity contribution in [3.63, 3.8) is 0 Å². The highest BCUT2D eigenvalue weighted by atomic mass is 16.5. The maximum atomic E-state index is 5.92. The van der Waals surface area contributed by atoms with E-state index in [1.807, 2.05) is 6.07 Å². The molecule has 3 nitrogen and oxygen atoms in total. The highest BCUT2D eigenvalue weighted by Crippen LogP contribution is 2.46. The monoisotopic (exact) mass is 218 g/mol. The van der Waals surface area contributed by atoms with Gasteiger partial charge < -0.3 is 15.4 Å². The van der Waals surface area contributed by atoms with Crippen LogP contribution >= 0.6 is 0 Å². The summed E-state index contributed by atoms with van der Waals surface area (Å²) in [5, 5.41) is 0. The fraction of sp³-hybridized carbons (Fsp3) is 0.538. The van der Waals surface area contributed by atoms with Gasteiger partial charge >= 0.3 is 0 Å². The topological polar surface area (TPSA) is 38.5 Å². The average molecular weight is 218 g/mol. The van der Waals surface area contributed by atoms with Crippen LogP contribution in [0.25, 0.3) is 0 Å². The molecule has 1 aromatic rings. The Morgan fingerprint density at radius 3 is 2.81 bits per heavy atom. The van der Waals surface area contributed by atoms with Gasteiger partial charge in [0, 0.05) is 43.6 Å². The van der Waals surface area contributed by atoms with E-state index in [-0.39, 0.29) is 5.41 Å². The molecule has 1 fully saturated rings. The second kappa shape index (κ2) is 3.39. The Morgan fingerprint density at radius 1 is 1.31 bits per heavy atom. The molecular formula is C13H18N2O. The van der Waals surface area contributed by atoms with Gasteiger partial charge in [0.05, 0.1) is 0 Å². The number of fused-ring (bicyclic) bond motifs is 2. The van der Waals surface area contributed by atoms with Crippen molar-refractivity contribution >= 4 is 11.4 Å². The van der Waals surface area contributed by atoms with Crippen molar-refractivity contribution in [2.75, 3.05) is 37.4 Å². The lowest BCUT2D eigenvalue weighted by Crippen LogP contribution is -2.37. The van der Waals surface area contributed by atoms with E-state index in [4.69, 9.17) is 10.5 Å². The van der Waals surface area contributed by atoms with Gasteiger partial charge in [-0.25, -0.2) is 0 Å². The summed E-state index contributed by atoms with van der Waals surface area (Å²) in [6, 6.07) is 6.30. The first-order chi connectivity index (χ1) is 7.71. The fourth-order valence-electron chi connectivity index (χ4n) is 3.13. The molecule has 3 heteroatoms. The summed E-state index contributed by atoms with van der Waals surface area (Å²) >= 11 is 0. The van der Waals surface area contributed by atoms with Crippen LogP contribution in [0, 0.1) is 0 Å². The molecule has 0 unspecified atom stereocenters. The molecule has 2 aliphatic rings. The molecule has 1 saturated heterocycles. The lowest BCUT2D eigenvalue weighted by molar-refractivity contribution is 0.0556. The molecule has 0 amide bonds. The van der Waals surface area contributed by atoms with Crippen molar-refractivity contribution in [3.05, 3.63) is 23.8 Å². The van der Waals surface area contributed by atoms with Crippen LogP contribution in [0.4, 0.5) is 11.4 Å². The van der Waals surface area contributed by atoms with Crippen LogP contribution in [0.5, 0.6) is 0 Å². The Hall–Kier alpha value is -1.22. The number of hydrogen-bond donors (Lipinski definition) is 1. The van der Waals surface area contributed by atoms with Gasteiger partial charge in [-0.05, 0) is 36.6 Å².